The quantitative estimate of drug-likeness (QED) is 0.215. The number of primary amides is 1. The van der Waals surface area contributed by atoms with Gasteiger partial charge in [0, 0.05) is 21.5 Å². The lowest BCUT2D eigenvalue weighted by atomic mass is 9.88. The van der Waals surface area contributed by atoms with Crippen molar-refractivity contribution >= 4 is 49.4 Å². The molecular weight excluding hydrogens is 669 g/mol. The van der Waals surface area contributed by atoms with Crippen LogP contribution in [-0.2, 0) is 26.0 Å². The van der Waals surface area contributed by atoms with Crippen molar-refractivity contribution in [2.24, 2.45) is 5.73 Å². The average Bonchev–Trinajstić information content (AvgIpc) is 3.00. The Morgan fingerprint density at radius 3 is 2.30 bits per heavy atom. The summed E-state index contributed by atoms with van der Waals surface area (Å²) in [6.07, 6.45) is 1.97. The Hall–Kier alpha value is -3.83. The van der Waals surface area contributed by atoms with E-state index < -0.39 is 45.8 Å². The van der Waals surface area contributed by atoms with Crippen LogP contribution in [0.25, 0.3) is 0 Å². The second kappa shape index (κ2) is 13.4. The first kappa shape index (κ1) is 31.6. The summed E-state index contributed by atoms with van der Waals surface area (Å²) < 4.78 is 44.9. The molecule has 1 unspecified atom stereocenters. The summed E-state index contributed by atoms with van der Waals surface area (Å²) in [6, 6.07) is 24.5. The highest BCUT2D eigenvalue weighted by molar-refractivity contribution is 9.10. The number of nitrogens with two attached hydrogens (primary N) is 1. The minimum absolute atomic E-state index is 0.100. The van der Waals surface area contributed by atoms with Crippen LogP contribution in [0.5, 0.6) is 0 Å². The topological polar surface area (TPSA) is 110 Å². The lowest BCUT2D eigenvalue weighted by Crippen LogP contribution is -2.49. The second-order valence-corrected chi connectivity index (χ2v) is 13.5. The Morgan fingerprint density at radius 1 is 0.955 bits per heavy atom. The number of carbonyl (C=O) groups excluding carboxylic acids is 2. The number of rotatable bonds is 9. The van der Waals surface area contributed by atoms with Crippen molar-refractivity contribution in [3.05, 3.63) is 147 Å². The number of amides is 2. The van der Waals surface area contributed by atoms with Gasteiger partial charge in [0.05, 0.1) is 17.0 Å². The van der Waals surface area contributed by atoms with Gasteiger partial charge in [0.25, 0.3) is 0 Å². The molecule has 0 saturated heterocycles. The van der Waals surface area contributed by atoms with Gasteiger partial charge in [-0.15, -0.1) is 0 Å². The van der Waals surface area contributed by atoms with E-state index in [2.05, 4.69) is 21.2 Å². The van der Waals surface area contributed by atoms with E-state index in [1.807, 2.05) is 42.5 Å². The van der Waals surface area contributed by atoms with Gasteiger partial charge in [0.1, 0.15) is 11.9 Å². The molecule has 226 valence electrons. The van der Waals surface area contributed by atoms with Crippen molar-refractivity contribution < 1.29 is 22.4 Å². The molecule has 0 fully saturated rings. The highest BCUT2D eigenvalue weighted by Gasteiger charge is 2.45. The standard InChI is InChI=1S/C33H28BrClFN3O4S/c34-24-10-4-8-22(19-24)30-17-16-28(33(41)38-29(32(37)40)18-21-6-2-1-3-7-21)31(23-9-5-11-25(35)20-23)39(30)44(42,43)27-14-12-26(36)13-15-27/h1-16,19-20,29-31H,17-18H2,(H2,37,40)(H,38,41)/t29-,30-,31?/m0/s1. The lowest BCUT2D eigenvalue weighted by molar-refractivity contribution is -0.125. The summed E-state index contributed by atoms with van der Waals surface area (Å²) in [5.41, 5.74) is 7.69. The molecule has 4 aromatic rings. The molecule has 3 N–H and O–H groups in total. The van der Waals surface area contributed by atoms with E-state index in [-0.39, 0.29) is 23.3 Å². The first-order valence-electron chi connectivity index (χ1n) is 13.7. The maximum Gasteiger partial charge on any atom is 0.249 e. The van der Waals surface area contributed by atoms with Crippen LogP contribution in [0.2, 0.25) is 5.02 Å². The van der Waals surface area contributed by atoms with Crippen molar-refractivity contribution in [3.63, 3.8) is 0 Å². The fraction of sp³-hybridized carbons (Fsp3) is 0.152. The number of carbonyl (C=O) groups is 2. The van der Waals surface area contributed by atoms with Crippen molar-refractivity contribution in [2.75, 3.05) is 0 Å². The van der Waals surface area contributed by atoms with E-state index in [0.717, 1.165) is 22.2 Å². The summed E-state index contributed by atoms with van der Waals surface area (Å²) in [5.74, 6) is -1.98. The van der Waals surface area contributed by atoms with Crippen LogP contribution >= 0.6 is 27.5 Å². The fourth-order valence-electron chi connectivity index (χ4n) is 5.34. The van der Waals surface area contributed by atoms with Gasteiger partial charge in [-0.25, -0.2) is 12.8 Å². The van der Waals surface area contributed by atoms with Gasteiger partial charge in [-0.1, -0.05) is 88.2 Å². The second-order valence-electron chi connectivity index (χ2n) is 10.3. The van der Waals surface area contributed by atoms with Gasteiger partial charge in [-0.05, 0) is 71.6 Å². The van der Waals surface area contributed by atoms with Gasteiger partial charge in [-0.3, -0.25) is 9.59 Å². The monoisotopic (exact) mass is 695 g/mol. The Morgan fingerprint density at radius 2 is 1.64 bits per heavy atom. The minimum Gasteiger partial charge on any atom is -0.368 e. The SMILES string of the molecule is NC(=O)[C@H](Cc1ccccc1)NC(=O)C1=CC[C@@H](c2cccc(Br)c2)N(S(=O)(=O)c2ccc(F)cc2)C1c1cccc(Cl)c1. The molecule has 0 saturated carbocycles. The third-order valence-corrected chi connectivity index (χ3v) is 10.0. The van der Waals surface area contributed by atoms with E-state index in [4.69, 9.17) is 17.3 Å². The highest BCUT2D eigenvalue weighted by atomic mass is 79.9. The molecule has 0 radical (unpaired) electrons. The summed E-state index contributed by atoms with van der Waals surface area (Å²) in [6.45, 7) is 0. The molecule has 1 aliphatic heterocycles. The number of nitrogens with one attached hydrogen (secondary N) is 1. The van der Waals surface area contributed by atoms with Crippen LogP contribution in [0.1, 0.15) is 35.2 Å². The Bertz CT molecular complexity index is 1820. The van der Waals surface area contributed by atoms with Gasteiger partial charge in [-0.2, -0.15) is 4.31 Å². The maximum absolute atomic E-state index is 14.5. The zero-order chi connectivity index (χ0) is 31.4. The molecule has 0 aliphatic carbocycles. The summed E-state index contributed by atoms with van der Waals surface area (Å²) >= 11 is 9.86. The first-order chi connectivity index (χ1) is 21.0. The Balaban J connectivity index is 1.65. The van der Waals surface area contributed by atoms with E-state index in [1.54, 1.807) is 42.5 Å². The van der Waals surface area contributed by atoms with Crippen LogP contribution in [0.4, 0.5) is 4.39 Å². The predicted octanol–water partition coefficient (Wildman–Crippen LogP) is 6.26. The average molecular weight is 697 g/mol. The molecule has 5 rings (SSSR count). The summed E-state index contributed by atoms with van der Waals surface area (Å²) in [5, 5.41) is 3.08. The lowest BCUT2D eigenvalue weighted by Gasteiger charge is -2.41. The molecule has 2 amide bonds. The van der Waals surface area contributed by atoms with Crippen LogP contribution < -0.4 is 11.1 Å². The number of halogens is 3. The number of benzene rings is 4. The van der Waals surface area contributed by atoms with Crippen LogP contribution in [0.15, 0.2) is 124 Å². The molecule has 0 bridgehead atoms. The van der Waals surface area contributed by atoms with Crippen molar-refractivity contribution in [1.29, 1.82) is 0 Å². The molecule has 11 heteroatoms. The largest absolute Gasteiger partial charge is 0.368 e. The van der Waals surface area contributed by atoms with Gasteiger partial charge in [0.15, 0.2) is 0 Å². The van der Waals surface area contributed by atoms with Gasteiger partial charge < -0.3 is 11.1 Å². The molecule has 0 aromatic heterocycles. The van der Waals surface area contributed by atoms with Gasteiger partial charge >= 0.3 is 0 Å². The smallest absolute Gasteiger partial charge is 0.249 e. The highest BCUT2D eigenvalue weighted by Crippen LogP contribution is 2.46. The molecule has 3 atom stereocenters. The summed E-state index contributed by atoms with van der Waals surface area (Å²) in [4.78, 5) is 26.3. The zero-order valence-electron chi connectivity index (χ0n) is 23.2. The molecule has 44 heavy (non-hydrogen) atoms. The van der Waals surface area contributed by atoms with Crippen molar-refractivity contribution in [3.8, 4) is 0 Å². The molecule has 4 aromatic carbocycles. The van der Waals surface area contributed by atoms with E-state index in [0.29, 0.717) is 16.1 Å². The number of hydrogen-bond donors (Lipinski definition) is 2. The predicted molar refractivity (Wildman–Crippen MR) is 170 cm³/mol. The molecule has 0 spiro atoms. The van der Waals surface area contributed by atoms with E-state index in [1.165, 1.54) is 16.4 Å². The fourth-order valence-corrected chi connectivity index (χ4v) is 7.73. The Labute approximate surface area is 268 Å². The normalized spacial score (nSPS) is 17.8. The van der Waals surface area contributed by atoms with Crippen LogP contribution in [-0.4, -0.2) is 30.6 Å². The van der Waals surface area contributed by atoms with Crippen LogP contribution in [0, 0.1) is 5.82 Å². The zero-order valence-corrected chi connectivity index (χ0v) is 26.4. The number of hydrogen-bond acceptors (Lipinski definition) is 4. The van der Waals surface area contributed by atoms with Gasteiger partial charge in [0.2, 0.25) is 21.8 Å². The number of sulfonamides is 1. The minimum atomic E-state index is -4.36. The Kier molecular flexibility index (Phi) is 9.65. The number of nitrogens with zero attached hydrogens (tertiary/aromatic N) is 1. The third-order valence-electron chi connectivity index (χ3n) is 7.40. The maximum atomic E-state index is 14.5. The van der Waals surface area contributed by atoms with Crippen LogP contribution in [0.3, 0.4) is 0 Å². The van der Waals surface area contributed by atoms with Crippen molar-refractivity contribution in [2.45, 2.75) is 35.9 Å². The molecule has 1 heterocycles. The molecule has 7 nitrogen and oxygen atoms in total. The molecular formula is C33H28BrClFN3O4S. The first-order valence-corrected chi connectivity index (χ1v) is 16.3. The third kappa shape index (κ3) is 6.94. The molecule has 1 aliphatic rings. The summed E-state index contributed by atoms with van der Waals surface area (Å²) in [7, 11) is -4.36. The van der Waals surface area contributed by atoms with E-state index >= 15 is 0 Å². The van der Waals surface area contributed by atoms with Crippen molar-refractivity contribution in [1.82, 2.24) is 9.62 Å². The van der Waals surface area contributed by atoms with E-state index in [9.17, 15) is 22.4 Å².